The molecule has 4 aliphatic heterocycles. The average molecular weight is 1330 g/mol. The number of benzene rings is 4. The van der Waals surface area contributed by atoms with Crippen molar-refractivity contribution in [2.75, 3.05) is 26.4 Å². The van der Waals surface area contributed by atoms with E-state index in [2.05, 4.69) is 0 Å². The number of hydrogen-bond acceptors (Lipinski definition) is 32. The summed E-state index contributed by atoms with van der Waals surface area (Å²) >= 11 is 0. The lowest BCUT2D eigenvalue weighted by Gasteiger charge is -2.40. The molecular weight excluding hydrogens is 1260 g/mol. The lowest BCUT2D eigenvalue weighted by molar-refractivity contribution is -0.279. The Morgan fingerprint density at radius 3 is 1.33 bits per heavy atom. The van der Waals surface area contributed by atoms with Crippen molar-refractivity contribution < 1.29 is 168 Å². The zero-order valence-corrected chi connectivity index (χ0v) is 48.5. The number of phenolic OH excluding ortho intramolecular Hbond substituents is 4. The first kappa shape index (κ1) is 69.7. The molecule has 508 valence electrons. The minimum atomic E-state index is -2.24. The Hall–Kier alpha value is -8.63. The summed E-state index contributed by atoms with van der Waals surface area (Å²) in [5.41, 5.74) is 0.0566. The van der Waals surface area contributed by atoms with E-state index >= 15 is 0 Å². The molecule has 18 N–H and O–H groups in total. The number of phenols is 4. The van der Waals surface area contributed by atoms with Gasteiger partial charge in [0, 0.05) is 36.4 Å². The van der Waals surface area contributed by atoms with Crippen molar-refractivity contribution in [2.45, 2.75) is 129 Å². The first-order valence-corrected chi connectivity index (χ1v) is 28.4. The van der Waals surface area contributed by atoms with Crippen molar-refractivity contribution in [1.82, 2.24) is 0 Å². The Kier molecular flexibility index (Phi) is 22.4. The van der Waals surface area contributed by atoms with Crippen molar-refractivity contribution >= 4 is 47.0 Å². The highest BCUT2D eigenvalue weighted by Gasteiger charge is 2.50. The molecule has 4 aromatic carbocycles. The van der Waals surface area contributed by atoms with Crippen LogP contribution in [0.4, 0.5) is 0 Å². The minimum Gasteiger partial charge on any atom is -0.508 e. The highest BCUT2D eigenvalue weighted by molar-refractivity contribution is 5.91. The van der Waals surface area contributed by atoms with Crippen LogP contribution in [-0.4, -0.2) is 265 Å². The number of carboxylic acids is 1. The summed E-state index contributed by atoms with van der Waals surface area (Å²) in [5.74, 6) is -10.1. The van der Waals surface area contributed by atoms with Crippen molar-refractivity contribution in [3.63, 3.8) is 0 Å². The maximum absolute atomic E-state index is 13.1. The van der Waals surface area contributed by atoms with E-state index in [0.717, 1.165) is 42.5 Å². The van der Waals surface area contributed by atoms with Crippen LogP contribution in [0.3, 0.4) is 0 Å². The summed E-state index contributed by atoms with van der Waals surface area (Å²) in [6.07, 6.45) is -35.1. The highest BCUT2D eigenvalue weighted by Crippen LogP contribution is 2.47. The van der Waals surface area contributed by atoms with E-state index in [-0.39, 0.29) is 22.5 Å². The van der Waals surface area contributed by atoms with Crippen LogP contribution in [0, 0.1) is 0 Å². The summed E-state index contributed by atoms with van der Waals surface area (Å²) in [5, 5.41) is 192. The third-order valence-corrected chi connectivity index (χ3v) is 15.0. The Morgan fingerprint density at radius 2 is 0.872 bits per heavy atom. The molecule has 5 aromatic rings. The van der Waals surface area contributed by atoms with Gasteiger partial charge in [0.2, 0.25) is 36.7 Å². The van der Waals surface area contributed by atoms with Gasteiger partial charge in [0.1, 0.15) is 152 Å². The summed E-state index contributed by atoms with van der Waals surface area (Å²) in [4.78, 5) is 49.1. The van der Waals surface area contributed by atoms with E-state index < -0.39 is 225 Å². The SMILES string of the molecule is O=C(O)CC(=O)OC[C@H]1O[C@@H](Oc2cc3c(O)cc(O)cc3[o+]c2-c2cc(O[C@@H]3O[C@H](COC(=O)/C=C/c4ccc(O)cc4)[C@@H](O)[C@H](O)[C@H]3O)c(O)c(O[C@@H]3O[C@H](COC(=O)/C=C/c4ccc(OC5OC(CO)C(O)C(O)C5O)cc4)[C@@H](O)[C@H](O)[C@H]3O)c2)[C@H](O)[C@@H](O)[C@@H]1O. The number of fused-ring (bicyclic) bond motifs is 1. The number of aliphatic carboxylic acids is 1. The number of aliphatic hydroxyl groups excluding tert-OH is 13. The fourth-order valence-electron chi connectivity index (χ4n) is 9.84. The molecule has 0 saturated carbocycles. The van der Waals surface area contributed by atoms with E-state index in [9.17, 15) is 106 Å². The first-order valence-electron chi connectivity index (χ1n) is 28.4. The third kappa shape index (κ3) is 16.3. The molecule has 20 atom stereocenters. The van der Waals surface area contributed by atoms with Gasteiger partial charge in [0.25, 0.3) is 0 Å². The summed E-state index contributed by atoms with van der Waals surface area (Å²) in [6, 6.07) is 16.0. The van der Waals surface area contributed by atoms with E-state index in [0.29, 0.717) is 11.1 Å². The number of rotatable bonds is 22. The molecule has 34 nitrogen and oxygen atoms in total. The molecular formula is C60H65O34+. The normalized spacial score (nSPS) is 31.2. The van der Waals surface area contributed by atoms with Gasteiger partial charge < -0.3 is 144 Å². The largest absolute Gasteiger partial charge is 0.508 e. The van der Waals surface area contributed by atoms with Gasteiger partial charge >= 0.3 is 35.2 Å². The standard InChI is InChI=1S/C60H64O34/c61-19-35-44(71)48(75)52(79)57(91-35)86-28-9-3-24(4-10-28)6-12-41(68)84-21-37-46(73)50(77)54(81)59(93-37)89-33-14-25(13-32(43(33)70)88-58-53(80)49(76)45(72)36(92-58)20-83-40(67)11-5-23-1-7-26(62)8-2-23)56-34(17-29-30(64)15-27(63)16-31(29)87-56)90-60-55(82)51(78)47(74)38(94-60)22-85-42(69)18-39(65)66/h1-17,35-38,44-55,57-61,71-82H,18-22H2,(H4-,62,63,64,65,66,67,70)/p+1/b12-6+/t35?,36-,37-,38-,44?,45-,46-,47-,48?,49+,50+,51+,52?,53-,54-,55-,57?,58-,59-,60-/m1/s1. The van der Waals surface area contributed by atoms with Crippen molar-refractivity contribution in [1.29, 1.82) is 0 Å². The molecule has 0 radical (unpaired) electrons. The number of aromatic hydroxyl groups is 4. The van der Waals surface area contributed by atoms with E-state index in [1.54, 1.807) is 0 Å². The lowest BCUT2D eigenvalue weighted by Crippen LogP contribution is -2.60. The number of aliphatic hydroxyl groups is 13. The van der Waals surface area contributed by atoms with Crippen molar-refractivity contribution in [2.24, 2.45) is 0 Å². The predicted molar refractivity (Wildman–Crippen MR) is 305 cm³/mol. The molecule has 4 saturated heterocycles. The number of carboxylic acid groups (broad SMARTS) is 1. The van der Waals surface area contributed by atoms with E-state index in [1.165, 1.54) is 60.7 Å². The van der Waals surface area contributed by atoms with Gasteiger partial charge in [-0.05, 0) is 47.5 Å². The van der Waals surface area contributed by atoms with Gasteiger partial charge in [-0.1, -0.05) is 24.3 Å². The molecule has 0 bridgehead atoms. The van der Waals surface area contributed by atoms with E-state index in [1.807, 2.05) is 0 Å². The number of hydrogen-bond donors (Lipinski definition) is 18. The summed E-state index contributed by atoms with van der Waals surface area (Å²) < 4.78 is 67.7. The second-order valence-electron chi connectivity index (χ2n) is 21.7. The van der Waals surface area contributed by atoms with Gasteiger partial charge in [-0.3, -0.25) is 9.59 Å². The Bertz CT molecular complexity index is 3530. The van der Waals surface area contributed by atoms with E-state index in [4.69, 9.17) is 61.6 Å². The van der Waals surface area contributed by atoms with Crippen molar-refractivity contribution in [3.8, 4) is 57.3 Å². The van der Waals surface area contributed by atoms with Gasteiger partial charge in [-0.2, -0.15) is 0 Å². The zero-order chi connectivity index (χ0) is 68.0. The van der Waals surface area contributed by atoms with Crippen LogP contribution in [0.25, 0.3) is 34.4 Å². The topological polar surface area (TPSA) is 545 Å². The molecule has 9 rings (SSSR count). The molecule has 0 spiro atoms. The molecule has 0 amide bonds. The van der Waals surface area contributed by atoms with Gasteiger partial charge in [0.15, 0.2) is 11.5 Å². The molecule has 4 fully saturated rings. The average Bonchev–Trinajstić information content (AvgIpc) is 0.767. The van der Waals surface area contributed by atoms with Crippen molar-refractivity contribution in [3.05, 3.63) is 102 Å². The number of carbonyl (C=O) groups excluding carboxylic acids is 3. The Morgan fingerprint density at radius 1 is 0.457 bits per heavy atom. The number of ether oxygens (including phenoxy) is 11. The van der Waals surface area contributed by atoms with Gasteiger partial charge in [-0.15, -0.1) is 0 Å². The number of esters is 3. The Balaban J connectivity index is 1.00. The highest BCUT2D eigenvalue weighted by atomic mass is 16.7. The second kappa shape index (κ2) is 30.2. The lowest BCUT2D eigenvalue weighted by atomic mass is 9.99. The third-order valence-electron chi connectivity index (χ3n) is 15.0. The molecule has 0 aliphatic carbocycles. The smallest absolute Gasteiger partial charge is 0.402 e. The summed E-state index contributed by atoms with van der Waals surface area (Å²) in [6.45, 7) is -3.28. The monoisotopic (exact) mass is 1330 g/mol. The molecule has 5 unspecified atom stereocenters. The maximum Gasteiger partial charge on any atom is 0.402 e. The maximum atomic E-state index is 13.1. The van der Waals surface area contributed by atoms with Crippen LogP contribution in [0.2, 0.25) is 0 Å². The van der Waals surface area contributed by atoms with Gasteiger partial charge in [0.05, 0.1) is 18.2 Å². The van der Waals surface area contributed by atoms with Crippen LogP contribution in [-0.2, 0) is 52.3 Å². The molecule has 4 aliphatic rings. The van der Waals surface area contributed by atoms with Gasteiger partial charge in [-0.25, -0.2) is 14.0 Å². The first-order chi connectivity index (χ1) is 44.7. The van der Waals surface area contributed by atoms with Crippen LogP contribution in [0.15, 0.2) is 95.4 Å². The number of carbonyl (C=O) groups is 4. The fraction of sp³-hybridized carbons (Fsp3) is 0.417. The van der Waals surface area contributed by atoms with Crippen LogP contribution < -0.4 is 18.9 Å². The van der Waals surface area contributed by atoms with Crippen LogP contribution in [0.5, 0.6) is 46.0 Å². The fourth-order valence-corrected chi connectivity index (χ4v) is 9.84. The predicted octanol–water partition coefficient (Wildman–Crippen LogP) is -3.53. The zero-order valence-electron chi connectivity index (χ0n) is 48.5. The van der Waals surface area contributed by atoms with Crippen LogP contribution >= 0.6 is 0 Å². The quantitative estimate of drug-likeness (QED) is 0.0105. The Labute approximate surface area is 528 Å². The summed E-state index contributed by atoms with van der Waals surface area (Å²) in [7, 11) is 0. The minimum absolute atomic E-state index is 0.0489. The molecule has 34 heteroatoms. The molecule has 94 heavy (non-hydrogen) atoms. The van der Waals surface area contributed by atoms with Crippen LogP contribution in [0.1, 0.15) is 17.5 Å². The molecule has 5 heterocycles. The molecule has 1 aromatic heterocycles. The second-order valence-corrected chi connectivity index (χ2v) is 21.7.